The summed E-state index contributed by atoms with van der Waals surface area (Å²) in [5, 5.41) is 4.35. The summed E-state index contributed by atoms with van der Waals surface area (Å²) >= 11 is 1.31. The van der Waals surface area contributed by atoms with Crippen LogP contribution >= 0.6 is 11.3 Å². The Bertz CT molecular complexity index is 2290. The van der Waals surface area contributed by atoms with Gasteiger partial charge in [-0.2, -0.15) is 0 Å². The molecular formula is C38H30N2O4S. The van der Waals surface area contributed by atoms with Gasteiger partial charge in [0.25, 0.3) is 5.56 Å². The van der Waals surface area contributed by atoms with E-state index >= 15 is 0 Å². The molecule has 0 saturated carbocycles. The number of ether oxygens (including phenoxy) is 2. The minimum atomic E-state index is -0.668. The number of nitrogens with zero attached hydrogens (tertiary/aromatic N) is 2. The number of benzene rings is 5. The van der Waals surface area contributed by atoms with E-state index in [4.69, 9.17) is 14.5 Å². The van der Waals surface area contributed by atoms with Crippen LogP contribution in [0.15, 0.2) is 130 Å². The number of hydrogen-bond donors (Lipinski definition) is 0. The number of allylic oxidation sites excluding steroid dienone is 1. The first-order valence-electron chi connectivity index (χ1n) is 14.9. The molecule has 0 spiro atoms. The third kappa shape index (κ3) is 5.36. The highest BCUT2D eigenvalue weighted by molar-refractivity contribution is 7.07. The number of aromatic nitrogens is 1. The largest absolute Gasteiger partial charge is 0.489 e. The molecule has 5 aromatic carbocycles. The molecule has 222 valence electrons. The minimum absolute atomic E-state index is 0.206. The van der Waals surface area contributed by atoms with Crippen molar-refractivity contribution < 1.29 is 14.3 Å². The van der Waals surface area contributed by atoms with Crippen LogP contribution < -0.4 is 19.6 Å². The van der Waals surface area contributed by atoms with Crippen molar-refractivity contribution in [1.82, 2.24) is 4.57 Å². The Morgan fingerprint density at radius 3 is 2.29 bits per heavy atom. The predicted molar refractivity (Wildman–Crippen MR) is 179 cm³/mol. The van der Waals surface area contributed by atoms with Crippen molar-refractivity contribution in [2.45, 2.75) is 26.5 Å². The number of rotatable bonds is 7. The van der Waals surface area contributed by atoms with Gasteiger partial charge in [-0.15, -0.1) is 0 Å². The van der Waals surface area contributed by atoms with E-state index in [0.29, 0.717) is 27.2 Å². The lowest BCUT2D eigenvalue weighted by Gasteiger charge is -2.25. The second-order valence-electron chi connectivity index (χ2n) is 10.9. The summed E-state index contributed by atoms with van der Waals surface area (Å²) in [6.07, 6.45) is 1.86. The van der Waals surface area contributed by atoms with Crippen molar-refractivity contribution in [3.8, 4) is 5.75 Å². The van der Waals surface area contributed by atoms with Crippen LogP contribution in [0.2, 0.25) is 0 Å². The summed E-state index contributed by atoms with van der Waals surface area (Å²) in [4.78, 5) is 32.7. The van der Waals surface area contributed by atoms with Crippen LogP contribution in [-0.2, 0) is 16.1 Å². The summed E-state index contributed by atoms with van der Waals surface area (Å²) in [6.45, 7) is 4.26. The van der Waals surface area contributed by atoms with Gasteiger partial charge in [-0.1, -0.05) is 108 Å². The fourth-order valence-electron chi connectivity index (χ4n) is 5.97. The predicted octanol–water partition coefficient (Wildman–Crippen LogP) is 6.68. The van der Waals surface area contributed by atoms with Crippen LogP contribution in [0.3, 0.4) is 0 Å². The number of hydrogen-bond acceptors (Lipinski definition) is 6. The fraction of sp³-hybridized carbons (Fsp3) is 0.132. The van der Waals surface area contributed by atoms with Crippen LogP contribution in [0, 0.1) is 0 Å². The molecule has 45 heavy (non-hydrogen) atoms. The van der Waals surface area contributed by atoms with Gasteiger partial charge in [-0.05, 0) is 70.3 Å². The maximum Gasteiger partial charge on any atom is 0.338 e. The summed E-state index contributed by atoms with van der Waals surface area (Å²) in [5.41, 5.74) is 3.55. The molecule has 1 atom stereocenters. The lowest BCUT2D eigenvalue weighted by atomic mass is 9.91. The monoisotopic (exact) mass is 610 g/mol. The van der Waals surface area contributed by atoms with E-state index in [-0.39, 0.29) is 12.2 Å². The van der Waals surface area contributed by atoms with Gasteiger partial charge in [0.15, 0.2) is 4.80 Å². The van der Waals surface area contributed by atoms with Crippen LogP contribution in [0.1, 0.15) is 36.6 Å². The van der Waals surface area contributed by atoms with Gasteiger partial charge in [-0.25, -0.2) is 9.79 Å². The van der Waals surface area contributed by atoms with Crippen LogP contribution in [0.5, 0.6) is 5.75 Å². The highest BCUT2D eigenvalue weighted by Gasteiger charge is 2.34. The fourth-order valence-corrected chi connectivity index (χ4v) is 7.01. The highest BCUT2D eigenvalue weighted by Crippen LogP contribution is 2.34. The Kier molecular flexibility index (Phi) is 7.61. The molecule has 1 aromatic heterocycles. The molecular weight excluding hydrogens is 580 g/mol. The van der Waals surface area contributed by atoms with Gasteiger partial charge in [0.2, 0.25) is 0 Å². The molecule has 0 aliphatic carbocycles. The zero-order valence-electron chi connectivity index (χ0n) is 24.9. The lowest BCUT2D eigenvalue weighted by molar-refractivity contribution is -0.139. The number of fused-ring (bicyclic) bond motifs is 3. The molecule has 6 aromatic rings. The molecule has 6 nitrogen and oxygen atoms in total. The summed E-state index contributed by atoms with van der Waals surface area (Å²) in [6, 6.07) is 35.5. The quantitative estimate of drug-likeness (QED) is 0.189. The second kappa shape index (κ2) is 12.0. The Balaban J connectivity index is 1.25. The molecule has 0 bridgehead atoms. The number of thiazole rings is 1. The topological polar surface area (TPSA) is 69.9 Å². The van der Waals surface area contributed by atoms with Crippen molar-refractivity contribution in [3.05, 3.63) is 157 Å². The average molecular weight is 611 g/mol. The first-order chi connectivity index (χ1) is 22.0. The molecule has 0 fully saturated rings. The van der Waals surface area contributed by atoms with E-state index in [9.17, 15) is 9.59 Å². The number of carbonyl (C=O) groups excluding carboxylic acids is 1. The van der Waals surface area contributed by atoms with E-state index in [1.807, 2.05) is 91.0 Å². The normalized spacial score (nSPS) is 14.8. The number of carbonyl (C=O) groups is 1. The van der Waals surface area contributed by atoms with Crippen molar-refractivity contribution in [1.29, 1.82) is 0 Å². The summed E-state index contributed by atoms with van der Waals surface area (Å²) in [7, 11) is 0. The molecule has 7 heteroatoms. The Hall–Kier alpha value is -5.27. The maximum absolute atomic E-state index is 14.1. The first-order valence-corrected chi connectivity index (χ1v) is 15.7. The zero-order chi connectivity index (χ0) is 30.9. The Morgan fingerprint density at radius 2 is 1.53 bits per heavy atom. The van der Waals surface area contributed by atoms with E-state index in [2.05, 4.69) is 24.3 Å². The summed E-state index contributed by atoms with van der Waals surface area (Å²) in [5.74, 6) is 0.275. The Morgan fingerprint density at radius 1 is 0.867 bits per heavy atom. The van der Waals surface area contributed by atoms with E-state index in [0.717, 1.165) is 33.2 Å². The van der Waals surface area contributed by atoms with Gasteiger partial charge in [0.1, 0.15) is 12.4 Å². The van der Waals surface area contributed by atoms with Crippen molar-refractivity contribution in [2.24, 2.45) is 4.99 Å². The van der Waals surface area contributed by atoms with Crippen molar-refractivity contribution in [2.75, 3.05) is 6.61 Å². The zero-order valence-corrected chi connectivity index (χ0v) is 25.7. The third-order valence-corrected chi connectivity index (χ3v) is 9.07. The SMILES string of the molecule is CCOC(=O)C1=C(C)N=c2s/c(=C\c3ccc(OCc4cccc5ccccc45)cc3)c(=O)n2[C@H]1c1cccc2ccccc12. The summed E-state index contributed by atoms with van der Waals surface area (Å²) < 4.78 is 13.7. The maximum atomic E-state index is 14.1. The van der Waals surface area contributed by atoms with Crippen molar-refractivity contribution in [3.63, 3.8) is 0 Å². The van der Waals surface area contributed by atoms with Gasteiger partial charge in [-0.3, -0.25) is 9.36 Å². The molecule has 0 amide bonds. The average Bonchev–Trinajstić information content (AvgIpc) is 3.37. The molecule has 0 radical (unpaired) electrons. The molecule has 0 N–H and O–H groups in total. The lowest BCUT2D eigenvalue weighted by Crippen LogP contribution is -2.40. The molecule has 0 unspecified atom stereocenters. The van der Waals surface area contributed by atoms with Gasteiger partial charge < -0.3 is 9.47 Å². The van der Waals surface area contributed by atoms with Gasteiger partial charge in [0, 0.05) is 0 Å². The molecule has 1 aliphatic heterocycles. The minimum Gasteiger partial charge on any atom is -0.489 e. The van der Waals surface area contributed by atoms with Crippen LogP contribution in [-0.4, -0.2) is 17.1 Å². The van der Waals surface area contributed by atoms with Crippen LogP contribution in [0.25, 0.3) is 27.6 Å². The van der Waals surface area contributed by atoms with E-state index in [1.165, 1.54) is 22.1 Å². The standard InChI is InChI=1S/C38H30N2O4S/c1-3-43-37(42)34-24(2)39-38-40(35(34)32-17-9-13-27-11-5-7-16-31(27)32)36(41)33(45-38)22-25-18-20-29(21-19-25)44-23-28-14-8-12-26-10-4-6-15-30(26)28/h4-22,35H,3,23H2,1-2H3/b33-22-/t35-/m0/s1. The smallest absolute Gasteiger partial charge is 0.338 e. The van der Waals surface area contributed by atoms with E-state index in [1.54, 1.807) is 18.4 Å². The Labute approximate surface area is 263 Å². The molecule has 7 rings (SSSR count). The van der Waals surface area contributed by atoms with Gasteiger partial charge in [0.05, 0.1) is 28.5 Å². The third-order valence-electron chi connectivity index (χ3n) is 8.09. The number of esters is 1. The molecule has 1 aliphatic rings. The molecule has 2 heterocycles. The van der Waals surface area contributed by atoms with E-state index < -0.39 is 12.0 Å². The molecule has 0 saturated heterocycles. The van der Waals surface area contributed by atoms with Gasteiger partial charge >= 0.3 is 5.97 Å². The van der Waals surface area contributed by atoms with Crippen molar-refractivity contribution >= 4 is 44.9 Å². The highest BCUT2D eigenvalue weighted by atomic mass is 32.1. The second-order valence-corrected chi connectivity index (χ2v) is 11.9. The first kappa shape index (κ1) is 28.5. The van der Waals surface area contributed by atoms with Crippen LogP contribution in [0.4, 0.5) is 0 Å².